The molecule has 35 heavy (non-hydrogen) atoms. The normalized spacial score (nSPS) is 10.9. The molecule has 0 aliphatic heterocycles. The number of carbonyl (C=O) groups excluding carboxylic acids is 2. The minimum atomic E-state index is -0.562. The Bertz CT molecular complexity index is 1300. The lowest BCUT2D eigenvalue weighted by Crippen LogP contribution is -2.32. The van der Waals surface area contributed by atoms with Crippen LogP contribution in [0.1, 0.15) is 23.2 Å². The molecule has 182 valence electrons. The molecule has 3 heterocycles. The lowest BCUT2D eigenvalue weighted by Gasteiger charge is -2.15. The molecule has 0 bridgehead atoms. The summed E-state index contributed by atoms with van der Waals surface area (Å²) in [5.74, 6) is 0.883. The molecule has 0 saturated carbocycles. The zero-order chi connectivity index (χ0) is 24.6. The lowest BCUT2D eigenvalue weighted by atomic mass is 10.1. The van der Waals surface area contributed by atoms with Crippen molar-refractivity contribution in [3.8, 4) is 5.95 Å². The van der Waals surface area contributed by atoms with Crippen LogP contribution in [0.25, 0.3) is 16.9 Å². The van der Waals surface area contributed by atoms with E-state index in [0.29, 0.717) is 44.1 Å². The van der Waals surface area contributed by atoms with Gasteiger partial charge in [0.2, 0.25) is 11.9 Å². The van der Waals surface area contributed by atoms with Gasteiger partial charge < -0.3 is 26.1 Å². The molecule has 0 atom stereocenters. The number of amides is 3. The van der Waals surface area contributed by atoms with Crippen LogP contribution in [0.4, 0.5) is 10.6 Å². The predicted molar refractivity (Wildman–Crippen MR) is 131 cm³/mol. The van der Waals surface area contributed by atoms with E-state index in [1.54, 1.807) is 29.6 Å². The number of aryl methyl sites for hydroxylation is 1. The van der Waals surface area contributed by atoms with Crippen molar-refractivity contribution in [1.29, 1.82) is 0 Å². The summed E-state index contributed by atoms with van der Waals surface area (Å²) in [6.45, 7) is 2.90. The van der Waals surface area contributed by atoms with Crippen LogP contribution in [0.2, 0.25) is 0 Å². The van der Waals surface area contributed by atoms with Crippen molar-refractivity contribution in [2.75, 3.05) is 25.0 Å². The molecule has 3 amide bonds. The van der Waals surface area contributed by atoms with E-state index in [1.807, 2.05) is 25.1 Å². The largest absolute Gasteiger partial charge is 0.464 e. The Labute approximate surface area is 202 Å². The maximum Gasteiger partial charge on any atom is 0.312 e. The van der Waals surface area contributed by atoms with Crippen molar-refractivity contribution in [1.82, 2.24) is 30.2 Å². The Morgan fingerprint density at radius 3 is 2.80 bits per heavy atom. The molecular formula is C24H28N8O3. The highest BCUT2D eigenvalue weighted by Crippen LogP contribution is 2.20. The summed E-state index contributed by atoms with van der Waals surface area (Å²) in [4.78, 5) is 36.7. The van der Waals surface area contributed by atoms with E-state index >= 15 is 0 Å². The topological polar surface area (TPSA) is 153 Å². The van der Waals surface area contributed by atoms with Gasteiger partial charge in [-0.1, -0.05) is 6.07 Å². The van der Waals surface area contributed by atoms with Crippen LogP contribution >= 0.6 is 0 Å². The third kappa shape index (κ3) is 6.34. The van der Waals surface area contributed by atoms with Gasteiger partial charge in [-0.25, -0.2) is 14.8 Å². The first-order valence-corrected chi connectivity index (χ1v) is 11.4. The number of fused-ring (bicyclic) bond motifs is 1. The average molecular weight is 477 g/mol. The Morgan fingerprint density at radius 1 is 1.11 bits per heavy atom. The number of nitrogens with two attached hydrogens (primary N) is 1. The smallest absolute Gasteiger partial charge is 0.312 e. The maximum atomic E-state index is 12.5. The fraction of sp³-hybridized carbons (Fsp3) is 0.292. The summed E-state index contributed by atoms with van der Waals surface area (Å²) in [7, 11) is 0. The fourth-order valence-electron chi connectivity index (χ4n) is 3.74. The standard InChI is InChI=1S/C24H28N8O3/c1-16-19(3-2-8-28-23(25)34)22(31-24(30-16)32-11-10-26-15-32)29-14-21(33)27-9-6-17-4-5-20-18(13-17)7-12-35-20/h4-5,7,10-13,15H,2-3,6,8-9,14H2,1H3,(H,27,33)(H3,25,28,34)(H,29,30,31). The highest BCUT2D eigenvalue weighted by atomic mass is 16.3. The van der Waals surface area contributed by atoms with Crippen LogP contribution in [-0.2, 0) is 17.6 Å². The second-order valence-corrected chi connectivity index (χ2v) is 8.05. The van der Waals surface area contributed by atoms with E-state index in [-0.39, 0.29) is 12.5 Å². The zero-order valence-corrected chi connectivity index (χ0v) is 19.5. The summed E-state index contributed by atoms with van der Waals surface area (Å²) >= 11 is 0. The molecular weight excluding hydrogens is 448 g/mol. The summed E-state index contributed by atoms with van der Waals surface area (Å²) in [6.07, 6.45) is 8.65. The van der Waals surface area contributed by atoms with Crippen LogP contribution in [0.15, 0.2) is 53.7 Å². The molecule has 1 aromatic carbocycles. The Morgan fingerprint density at radius 2 is 2.00 bits per heavy atom. The van der Waals surface area contributed by atoms with Gasteiger partial charge in [0.15, 0.2) is 0 Å². The Balaban J connectivity index is 1.37. The number of rotatable bonds is 11. The van der Waals surface area contributed by atoms with Crippen LogP contribution in [0.5, 0.6) is 0 Å². The third-order valence-corrected chi connectivity index (χ3v) is 5.51. The van der Waals surface area contributed by atoms with Gasteiger partial charge in [-0.2, -0.15) is 4.98 Å². The van der Waals surface area contributed by atoms with E-state index in [2.05, 4.69) is 37.0 Å². The molecule has 0 aliphatic carbocycles. The number of primary amides is 1. The third-order valence-electron chi connectivity index (χ3n) is 5.51. The van der Waals surface area contributed by atoms with Crippen molar-refractivity contribution in [3.05, 3.63) is 66.1 Å². The minimum absolute atomic E-state index is 0.0626. The van der Waals surface area contributed by atoms with Gasteiger partial charge in [-0.15, -0.1) is 0 Å². The number of imidazole rings is 1. The molecule has 3 aromatic heterocycles. The number of nitrogens with one attached hydrogen (secondary N) is 3. The molecule has 4 aromatic rings. The lowest BCUT2D eigenvalue weighted by molar-refractivity contribution is -0.119. The van der Waals surface area contributed by atoms with E-state index in [1.165, 1.54) is 0 Å². The second kappa shape index (κ2) is 11.1. The number of carbonyl (C=O) groups is 2. The number of aromatic nitrogens is 4. The Hall–Kier alpha value is -4.41. The second-order valence-electron chi connectivity index (χ2n) is 8.05. The average Bonchev–Trinajstić information content (AvgIpc) is 3.53. The monoisotopic (exact) mass is 476 g/mol. The number of urea groups is 1. The highest BCUT2D eigenvalue weighted by molar-refractivity contribution is 5.81. The molecule has 0 aliphatic rings. The van der Waals surface area contributed by atoms with Gasteiger partial charge >= 0.3 is 6.03 Å². The number of anilines is 1. The number of hydrogen-bond acceptors (Lipinski definition) is 7. The highest BCUT2D eigenvalue weighted by Gasteiger charge is 2.14. The van der Waals surface area contributed by atoms with Gasteiger partial charge in [0.1, 0.15) is 17.7 Å². The maximum absolute atomic E-state index is 12.5. The van der Waals surface area contributed by atoms with Gasteiger partial charge in [-0.3, -0.25) is 9.36 Å². The predicted octanol–water partition coefficient (Wildman–Crippen LogP) is 2.09. The first-order chi connectivity index (χ1) is 17.0. The number of hydrogen-bond donors (Lipinski definition) is 4. The SMILES string of the molecule is Cc1nc(-n2ccnc2)nc(NCC(=O)NCCc2ccc3occc3c2)c1CCCNC(N)=O. The minimum Gasteiger partial charge on any atom is -0.464 e. The molecule has 11 nitrogen and oxygen atoms in total. The zero-order valence-electron chi connectivity index (χ0n) is 19.5. The molecule has 4 rings (SSSR count). The van der Waals surface area contributed by atoms with Gasteiger partial charge in [0.25, 0.3) is 0 Å². The van der Waals surface area contributed by atoms with Crippen LogP contribution in [0, 0.1) is 6.92 Å². The fourth-order valence-corrected chi connectivity index (χ4v) is 3.74. The molecule has 0 unspecified atom stereocenters. The first-order valence-electron chi connectivity index (χ1n) is 11.4. The van der Waals surface area contributed by atoms with Crippen LogP contribution < -0.4 is 21.7 Å². The number of benzene rings is 1. The van der Waals surface area contributed by atoms with E-state index in [9.17, 15) is 9.59 Å². The number of furan rings is 1. The van der Waals surface area contributed by atoms with Gasteiger partial charge in [-0.05, 0) is 49.9 Å². The van der Waals surface area contributed by atoms with Crippen molar-refractivity contribution in [3.63, 3.8) is 0 Å². The summed E-state index contributed by atoms with van der Waals surface area (Å²) in [5, 5.41) is 9.72. The van der Waals surface area contributed by atoms with E-state index in [0.717, 1.165) is 27.8 Å². The Kier molecular flexibility index (Phi) is 7.56. The van der Waals surface area contributed by atoms with Crippen LogP contribution in [-0.4, -0.2) is 51.1 Å². The van der Waals surface area contributed by atoms with Gasteiger partial charge in [0, 0.05) is 42.1 Å². The molecule has 0 saturated heterocycles. The van der Waals surface area contributed by atoms with Crippen molar-refractivity contribution in [2.45, 2.75) is 26.2 Å². The van der Waals surface area contributed by atoms with E-state index < -0.39 is 6.03 Å². The molecule has 0 spiro atoms. The molecule has 11 heteroatoms. The van der Waals surface area contributed by atoms with Crippen molar-refractivity contribution >= 4 is 28.7 Å². The summed E-state index contributed by atoms with van der Waals surface area (Å²) in [5.41, 5.74) is 8.76. The van der Waals surface area contributed by atoms with Gasteiger partial charge in [0.05, 0.1) is 12.8 Å². The van der Waals surface area contributed by atoms with Crippen LogP contribution in [0.3, 0.4) is 0 Å². The first kappa shape index (κ1) is 23.7. The molecule has 5 N–H and O–H groups in total. The quantitative estimate of drug-likeness (QED) is 0.242. The van der Waals surface area contributed by atoms with Crippen molar-refractivity contribution in [2.24, 2.45) is 5.73 Å². The summed E-state index contributed by atoms with van der Waals surface area (Å²) < 4.78 is 7.07. The number of nitrogens with zero attached hydrogens (tertiary/aromatic N) is 4. The molecule has 0 fully saturated rings. The molecule has 0 radical (unpaired) electrons. The summed E-state index contributed by atoms with van der Waals surface area (Å²) in [6, 6.07) is 7.35. The van der Waals surface area contributed by atoms with Crippen molar-refractivity contribution < 1.29 is 14.0 Å². The van der Waals surface area contributed by atoms with E-state index in [4.69, 9.17) is 10.2 Å².